The lowest BCUT2D eigenvalue weighted by Gasteiger charge is -2.19. The van der Waals surface area contributed by atoms with Crippen LogP contribution in [-0.4, -0.2) is 32.6 Å². The normalized spacial score (nSPS) is 15.4. The summed E-state index contributed by atoms with van der Waals surface area (Å²) in [7, 11) is 0. The molecule has 5 heteroatoms. The zero-order valence-electron chi connectivity index (χ0n) is 11.9. The Morgan fingerprint density at radius 2 is 2.00 bits per heavy atom. The molecule has 0 saturated carbocycles. The molecule has 110 valence electrons. The Morgan fingerprint density at radius 1 is 1.19 bits per heavy atom. The van der Waals surface area contributed by atoms with Gasteiger partial charge in [0.1, 0.15) is 0 Å². The maximum atomic E-state index is 11.7. The van der Waals surface area contributed by atoms with Crippen LogP contribution in [0.4, 0.5) is 0 Å². The summed E-state index contributed by atoms with van der Waals surface area (Å²) in [4.78, 5) is 18.4. The second-order valence-corrected chi connectivity index (χ2v) is 5.45. The Morgan fingerprint density at radius 3 is 2.71 bits per heavy atom. The lowest BCUT2D eigenvalue weighted by atomic mass is 10.2. The molecule has 0 radical (unpaired) electrons. The summed E-state index contributed by atoms with van der Waals surface area (Å²) in [6.45, 7) is 3.43. The smallest absolute Gasteiger partial charge is 0.223 e. The summed E-state index contributed by atoms with van der Waals surface area (Å²) < 4.78 is 1.91. The highest BCUT2D eigenvalue weighted by molar-refractivity contribution is 5.21. The number of hydrogen-bond acceptors (Lipinski definition) is 4. The molecule has 21 heavy (non-hydrogen) atoms. The number of pyridine rings is 2. The van der Waals surface area contributed by atoms with E-state index >= 15 is 0 Å². The van der Waals surface area contributed by atoms with E-state index in [2.05, 4.69) is 9.88 Å². The van der Waals surface area contributed by atoms with E-state index in [0.29, 0.717) is 6.54 Å². The maximum Gasteiger partial charge on any atom is 0.223 e. The average molecular weight is 285 g/mol. The van der Waals surface area contributed by atoms with E-state index in [1.165, 1.54) is 25.1 Å². The van der Waals surface area contributed by atoms with E-state index in [9.17, 15) is 9.90 Å². The molecule has 3 rings (SSSR count). The minimum Gasteiger partial charge on any atom is -0.503 e. The molecule has 0 atom stereocenters. The first kappa shape index (κ1) is 13.8. The first-order chi connectivity index (χ1) is 10.2. The van der Waals surface area contributed by atoms with Crippen LogP contribution in [0.25, 0.3) is 0 Å². The molecule has 2 aromatic heterocycles. The van der Waals surface area contributed by atoms with Crippen LogP contribution in [0.15, 0.2) is 41.5 Å². The molecule has 0 amide bonds. The fraction of sp³-hybridized carbons (Fsp3) is 0.375. The quantitative estimate of drug-likeness (QED) is 0.927. The van der Waals surface area contributed by atoms with Gasteiger partial charge in [-0.1, -0.05) is 6.07 Å². The summed E-state index contributed by atoms with van der Waals surface area (Å²) in [5.41, 5.74) is 1.51. The first-order valence-corrected chi connectivity index (χ1v) is 7.27. The molecule has 1 aliphatic rings. The molecule has 1 saturated heterocycles. The average Bonchev–Trinajstić information content (AvgIpc) is 2.98. The molecule has 0 aliphatic carbocycles. The number of hydrogen-bond donors (Lipinski definition) is 1. The van der Waals surface area contributed by atoms with Crippen LogP contribution in [-0.2, 0) is 13.1 Å². The Kier molecular flexibility index (Phi) is 4.01. The van der Waals surface area contributed by atoms with Crippen molar-refractivity contribution in [2.24, 2.45) is 0 Å². The molecule has 1 aliphatic heterocycles. The Balaban J connectivity index is 1.89. The predicted octanol–water partition coefficient (Wildman–Crippen LogP) is 1.59. The maximum absolute atomic E-state index is 11.7. The standard InChI is InChI=1S/C16H19N3O2/c20-15-9-14(11-18-7-3-4-8-18)19(12-16(15)21)10-13-5-1-2-6-17-13/h1-2,5-6,9,12,21H,3-4,7-8,10-11H2. The minimum atomic E-state index is -0.318. The Hall–Kier alpha value is -2.14. The van der Waals surface area contributed by atoms with Gasteiger partial charge in [-0.2, -0.15) is 0 Å². The van der Waals surface area contributed by atoms with Crippen molar-refractivity contribution in [3.05, 3.63) is 58.3 Å². The molecule has 1 N–H and O–H groups in total. The number of aromatic nitrogens is 2. The van der Waals surface area contributed by atoms with Gasteiger partial charge in [0.25, 0.3) is 0 Å². The van der Waals surface area contributed by atoms with Gasteiger partial charge in [-0.15, -0.1) is 0 Å². The van der Waals surface area contributed by atoms with Gasteiger partial charge in [-0.25, -0.2) is 0 Å². The van der Waals surface area contributed by atoms with E-state index in [1.54, 1.807) is 6.20 Å². The Bertz CT molecular complexity index is 661. The third kappa shape index (κ3) is 3.31. The molecular weight excluding hydrogens is 266 g/mol. The van der Waals surface area contributed by atoms with Gasteiger partial charge in [0.2, 0.25) is 5.43 Å². The molecule has 3 heterocycles. The molecule has 2 aromatic rings. The second kappa shape index (κ2) is 6.10. The lowest BCUT2D eigenvalue weighted by molar-refractivity contribution is 0.320. The van der Waals surface area contributed by atoms with Crippen LogP contribution < -0.4 is 5.43 Å². The van der Waals surface area contributed by atoms with Gasteiger partial charge < -0.3 is 9.67 Å². The summed E-state index contributed by atoms with van der Waals surface area (Å²) in [6, 6.07) is 7.29. The van der Waals surface area contributed by atoms with Crippen LogP contribution in [0.2, 0.25) is 0 Å². The summed E-state index contributed by atoms with van der Waals surface area (Å²) in [5, 5.41) is 9.70. The van der Waals surface area contributed by atoms with Crippen molar-refractivity contribution in [3.8, 4) is 5.75 Å². The highest BCUT2D eigenvalue weighted by Gasteiger charge is 2.15. The van der Waals surface area contributed by atoms with E-state index in [0.717, 1.165) is 31.0 Å². The van der Waals surface area contributed by atoms with Crippen molar-refractivity contribution < 1.29 is 5.11 Å². The van der Waals surface area contributed by atoms with Crippen molar-refractivity contribution in [2.45, 2.75) is 25.9 Å². The topological polar surface area (TPSA) is 58.4 Å². The zero-order valence-corrected chi connectivity index (χ0v) is 11.9. The van der Waals surface area contributed by atoms with E-state index in [4.69, 9.17) is 0 Å². The van der Waals surface area contributed by atoms with Gasteiger partial charge in [0, 0.05) is 24.5 Å². The highest BCUT2D eigenvalue weighted by Crippen LogP contribution is 2.14. The first-order valence-electron chi connectivity index (χ1n) is 7.27. The number of likely N-dealkylation sites (tertiary alicyclic amines) is 1. The van der Waals surface area contributed by atoms with E-state index in [1.807, 2.05) is 22.8 Å². The largest absolute Gasteiger partial charge is 0.503 e. The molecule has 0 bridgehead atoms. The lowest BCUT2D eigenvalue weighted by Crippen LogP contribution is -2.23. The molecular formula is C16H19N3O2. The summed E-state index contributed by atoms with van der Waals surface area (Å²) >= 11 is 0. The molecule has 0 unspecified atom stereocenters. The van der Waals surface area contributed by atoms with Crippen molar-refractivity contribution in [3.63, 3.8) is 0 Å². The van der Waals surface area contributed by atoms with Gasteiger partial charge in [-0.3, -0.25) is 14.7 Å². The van der Waals surface area contributed by atoms with E-state index < -0.39 is 0 Å². The minimum absolute atomic E-state index is 0.212. The van der Waals surface area contributed by atoms with Crippen molar-refractivity contribution in [1.82, 2.24) is 14.5 Å². The van der Waals surface area contributed by atoms with Gasteiger partial charge >= 0.3 is 0 Å². The Labute approximate surface area is 123 Å². The third-order valence-electron chi connectivity index (χ3n) is 3.84. The van der Waals surface area contributed by atoms with Gasteiger partial charge in [-0.05, 0) is 38.1 Å². The zero-order chi connectivity index (χ0) is 14.7. The fourth-order valence-corrected chi connectivity index (χ4v) is 2.72. The summed E-state index contributed by atoms with van der Waals surface area (Å²) in [6.07, 6.45) is 5.69. The molecule has 5 nitrogen and oxygen atoms in total. The molecule has 1 fully saturated rings. The molecule has 0 spiro atoms. The number of aromatic hydroxyl groups is 1. The SMILES string of the molecule is O=c1cc(CN2CCCC2)n(Cc2ccccn2)cc1O. The van der Waals surface area contributed by atoms with Crippen molar-refractivity contribution >= 4 is 0 Å². The van der Waals surface area contributed by atoms with Crippen LogP contribution >= 0.6 is 0 Å². The fourth-order valence-electron chi connectivity index (χ4n) is 2.72. The van der Waals surface area contributed by atoms with Crippen molar-refractivity contribution in [2.75, 3.05) is 13.1 Å². The van der Waals surface area contributed by atoms with Crippen LogP contribution in [0.1, 0.15) is 24.2 Å². The second-order valence-electron chi connectivity index (χ2n) is 5.45. The number of nitrogens with zero attached hydrogens (tertiary/aromatic N) is 3. The van der Waals surface area contributed by atoms with Gasteiger partial charge in [0.15, 0.2) is 5.75 Å². The van der Waals surface area contributed by atoms with Crippen molar-refractivity contribution in [1.29, 1.82) is 0 Å². The summed E-state index contributed by atoms with van der Waals surface area (Å²) in [5.74, 6) is -0.212. The van der Waals surface area contributed by atoms with Crippen LogP contribution in [0.3, 0.4) is 0 Å². The predicted molar refractivity (Wildman–Crippen MR) is 80.2 cm³/mol. The van der Waals surface area contributed by atoms with Crippen LogP contribution in [0, 0.1) is 0 Å². The highest BCUT2D eigenvalue weighted by atomic mass is 16.3. The number of rotatable bonds is 4. The monoisotopic (exact) mass is 285 g/mol. The van der Waals surface area contributed by atoms with Gasteiger partial charge in [0.05, 0.1) is 18.4 Å². The van der Waals surface area contributed by atoms with E-state index in [-0.39, 0.29) is 11.2 Å². The van der Waals surface area contributed by atoms with Crippen LogP contribution in [0.5, 0.6) is 5.75 Å². The third-order valence-corrected chi connectivity index (χ3v) is 3.84. The molecule has 0 aromatic carbocycles.